The fraction of sp³-hybridized carbons (Fsp3) is 1.00. The molecule has 0 aromatic carbocycles. The molecular formula is C12H26N2. The molecule has 0 aliphatic carbocycles. The van der Waals surface area contributed by atoms with Gasteiger partial charge in [-0.2, -0.15) is 0 Å². The first-order valence-corrected chi connectivity index (χ1v) is 6.27. The van der Waals surface area contributed by atoms with Crippen LogP contribution >= 0.6 is 0 Å². The van der Waals surface area contributed by atoms with Crippen LogP contribution in [0.25, 0.3) is 0 Å². The summed E-state index contributed by atoms with van der Waals surface area (Å²) in [6, 6.07) is 0.902. The SMILES string of the molecule is CCC1CCCN1CCCCCNC. The minimum atomic E-state index is 0.902. The smallest absolute Gasteiger partial charge is 0.00931 e. The average Bonchev–Trinajstić information content (AvgIpc) is 2.65. The zero-order valence-corrected chi connectivity index (χ0v) is 9.89. The topological polar surface area (TPSA) is 15.3 Å². The molecule has 14 heavy (non-hydrogen) atoms. The lowest BCUT2D eigenvalue weighted by molar-refractivity contribution is 0.243. The van der Waals surface area contributed by atoms with E-state index in [1.807, 2.05) is 7.05 Å². The molecule has 84 valence electrons. The highest BCUT2D eigenvalue weighted by atomic mass is 15.2. The van der Waals surface area contributed by atoms with Crippen LogP contribution in [0.1, 0.15) is 45.4 Å². The molecule has 1 aliphatic heterocycles. The third-order valence-electron chi connectivity index (χ3n) is 3.34. The average molecular weight is 198 g/mol. The van der Waals surface area contributed by atoms with E-state index in [2.05, 4.69) is 17.1 Å². The first-order valence-electron chi connectivity index (χ1n) is 6.27. The van der Waals surface area contributed by atoms with Gasteiger partial charge in [-0.25, -0.2) is 0 Å². The van der Waals surface area contributed by atoms with Crippen LogP contribution in [-0.2, 0) is 0 Å². The number of rotatable bonds is 7. The van der Waals surface area contributed by atoms with Crippen LogP contribution in [0.15, 0.2) is 0 Å². The Bertz CT molecular complexity index is 136. The number of hydrogen-bond donors (Lipinski definition) is 1. The lowest BCUT2D eigenvalue weighted by Crippen LogP contribution is -2.29. The molecule has 1 N–H and O–H groups in total. The minimum Gasteiger partial charge on any atom is -0.320 e. The van der Waals surface area contributed by atoms with Crippen molar-refractivity contribution >= 4 is 0 Å². The Kier molecular flexibility index (Phi) is 6.20. The summed E-state index contributed by atoms with van der Waals surface area (Å²) in [5, 5.41) is 3.20. The highest BCUT2D eigenvalue weighted by Gasteiger charge is 2.21. The van der Waals surface area contributed by atoms with Crippen LogP contribution in [-0.4, -0.2) is 37.6 Å². The van der Waals surface area contributed by atoms with Crippen molar-refractivity contribution in [2.75, 3.05) is 26.7 Å². The molecule has 0 aromatic heterocycles. The highest BCUT2D eigenvalue weighted by Crippen LogP contribution is 2.19. The quantitative estimate of drug-likeness (QED) is 0.631. The predicted molar refractivity (Wildman–Crippen MR) is 62.7 cm³/mol. The highest BCUT2D eigenvalue weighted by molar-refractivity contribution is 4.77. The van der Waals surface area contributed by atoms with Gasteiger partial charge in [-0.15, -0.1) is 0 Å². The van der Waals surface area contributed by atoms with Gasteiger partial charge in [0.15, 0.2) is 0 Å². The van der Waals surface area contributed by atoms with Crippen LogP contribution in [0.3, 0.4) is 0 Å². The first-order chi connectivity index (χ1) is 6.88. The zero-order valence-electron chi connectivity index (χ0n) is 9.89. The summed E-state index contributed by atoms with van der Waals surface area (Å²) < 4.78 is 0. The summed E-state index contributed by atoms with van der Waals surface area (Å²) in [5.74, 6) is 0. The van der Waals surface area contributed by atoms with Crippen molar-refractivity contribution in [3.63, 3.8) is 0 Å². The molecule has 0 saturated carbocycles. The second kappa shape index (κ2) is 7.24. The normalized spacial score (nSPS) is 23.1. The van der Waals surface area contributed by atoms with E-state index in [-0.39, 0.29) is 0 Å². The van der Waals surface area contributed by atoms with E-state index in [0.29, 0.717) is 0 Å². The molecule has 1 fully saturated rings. The van der Waals surface area contributed by atoms with Crippen LogP contribution in [0.4, 0.5) is 0 Å². The van der Waals surface area contributed by atoms with Gasteiger partial charge >= 0.3 is 0 Å². The summed E-state index contributed by atoms with van der Waals surface area (Å²) in [7, 11) is 2.04. The predicted octanol–water partition coefficient (Wildman–Crippen LogP) is 2.25. The Morgan fingerprint density at radius 1 is 1.29 bits per heavy atom. The van der Waals surface area contributed by atoms with E-state index >= 15 is 0 Å². The van der Waals surface area contributed by atoms with Gasteiger partial charge in [-0.1, -0.05) is 13.3 Å². The lowest BCUT2D eigenvalue weighted by Gasteiger charge is -2.22. The number of hydrogen-bond acceptors (Lipinski definition) is 2. The van der Waals surface area contributed by atoms with Crippen LogP contribution < -0.4 is 5.32 Å². The van der Waals surface area contributed by atoms with E-state index in [9.17, 15) is 0 Å². The fourth-order valence-corrected chi connectivity index (χ4v) is 2.45. The summed E-state index contributed by atoms with van der Waals surface area (Å²) >= 11 is 0. The Morgan fingerprint density at radius 3 is 2.86 bits per heavy atom. The number of nitrogens with one attached hydrogen (secondary N) is 1. The Morgan fingerprint density at radius 2 is 2.14 bits per heavy atom. The summed E-state index contributed by atoms with van der Waals surface area (Å²) in [6.07, 6.45) is 8.31. The fourth-order valence-electron chi connectivity index (χ4n) is 2.45. The van der Waals surface area contributed by atoms with E-state index in [4.69, 9.17) is 0 Å². The van der Waals surface area contributed by atoms with Gasteiger partial charge in [0.25, 0.3) is 0 Å². The van der Waals surface area contributed by atoms with E-state index in [1.165, 1.54) is 58.2 Å². The van der Waals surface area contributed by atoms with Crippen molar-refractivity contribution in [1.82, 2.24) is 10.2 Å². The first kappa shape index (κ1) is 12.0. The summed E-state index contributed by atoms with van der Waals surface area (Å²) in [6.45, 7) is 6.19. The van der Waals surface area contributed by atoms with Crippen molar-refractivity contribution in [2.24, 2.45) is 0 Å². The monoisotopic (exact) mass is 198 g/mol. The molecule has 0 spiro atoms. The number of nitrogens with zero attached hydrogens (tertiary/aromatic N) is 1. The van der Waals surface area contributed by atoms with Gasteiger partial charge < -0.3 is 10.2 Å². The summed E-state index contributed by atoms with van der Waals surface area (Å²) in [4.78, 5) is 2.69. The lowest BCUT2D eigenvalue weighted by atomic mass is 10.1. The zero-order chi connectivity index (χ0) is 10.2. The van der Waals surface area contributed by atoms with Crippen LogP contribution in [0.2, 0.25) is 0 Å². The molecular weight excluding hydrogens is 172 g/mol. The van der Waals surface area contributed by atoms with Gasteiger partial charge in [0.05, 0.1) is 0 Å². The molecule has 0 aromatic rings. The standard InChI is InChI=1S/C12H26N2/c1-3-12-8-7-11-14(12)10-6-4-5-9-13-2/h12-13H,3-11H2,1-2H3. The second-order valence-corrected chi connectivity index (χ2v) is 4.40. The third kappa shape index (κ3) is 3.97. The van der Waals surface area contributed by atoms with Crippen molar-refractivity contribution in [2.45, 2.75) is 51.5 Å². The van der Waals surface area contributed by atoms with Gasteiger partial charge in [0.2, 0.25) is 0 Å². The molecule has 1 aliphatic rings. The van der Waals surface area contributed by atoms with Gasteiger partial charge in [0.1, 0.15) is 0 Å². The molecule has 2 heteroatoms. The van der Waals surface area contributed by atoms with Crippen molar-refractivity contribution in [3.8, 4) is 0 Å². The molecule has 0 bridgehead atoms. The second-order valence-electron chi connectivity index (χ2n) is 4.40. The van der Waals surface area contributed by atoms with Crippen LogP contribution in [0, 0.1) is 0 Å². The van der Waals surface area contributed by atoms with Crippen LogP contribution in [0.5, 0.6) is 0 Å². The molecule has 1 unspecified atom stereocenters. The number of likely N-dealkylation sites (tertiary alicyclic amines) is 1. The van der Waals surface area contributed by atoms with Gasteiger partial charge in [-0.3, -0.25) is 0 Å². The molecule has 1 atom stereocenters. The molecule has 0 amide bonds. The largest absolute Gasteiger partial charge is 0.320 e. The van der Waals surface area contributed by atoms with Crippen molar-refractivity contribution in [3.05, 3.63) is 0 Å². The summed E-state index contributed by atoms with van der Waals surface area (Å²) in [5.41, 5.74) is 0. The molecule has 1 rings (SSSR count). The molecule has 0 radical (unpaired) electrons. The number of unbranched alkanes of at least 4 members (excludes halogenated alkanes) is 2. The van der Waals surface area contributed by atoms with Gasteiger partial charge in [0, 0.05) is 6.04 Å². The molecule has 1 saturated heterocycles. The maximum Gasteiger partial charge on any atom is 0.00931 e. The molecule has 1 heterocycles. The Hall–Kier alpha value is -0.0800. The van der Waals surface area contributed by atoms with E-state index < -0.39 is 0 Å². The third-order valence-corrected chi connectivity index (χ3v) is 3.34. The van der Waals surface area contributed by atoms with E-state index in [1.54, 1.807) is 0 Å². The maximum absolute atomic E-state index is 3.20. The molecule has 2 nitrogen and oxygen atoms in total. The Labute approximate surface area is 89.1 Å². The van der Waals surface area contributed by atoms with Crippen molar-refractivity contribution < 1.29 is 0 Å². The minimum absolute atomic E-state index is 0.902. The van der Waals surface area contributed by atoms with E-state index in [0.717, 1.165) is 6.04 Å². The maximum atomic E-state index is 3.20. The van der Waals surface area contributed by atoms with Gasteiger partial charge in [-0.05, 0) is 58.8 Å². The Balaban J connectivity index is 2.00. The van der Waals surface area contributed by atoms with Crippen molar-refractivity contribution in [1.29, 1.82) is 0 Å².